The average molecular weight is 362 g/mol. The Balaban J connectivity index is 2.41. The summed E-state index contributed by atoms with van der Waals surface area (Å²) in [5.41, 5.74) is 6.13. The first-order chi connectivity index (χ1) is 12.3. The zero-order valence-corrected chi connectivity index (χ0v) is 15.8. The molecule has 0 aliphatic heterocycles. The highest BCUT2D eigenvalue weighted by Crippen LogP contribution is 2.29. The molecule has 1 aromatic carbocycles. The van der Waals surface area contributed by atoms with Gasteiger partial charge in [-0.1, -0.05) is 13.8 Å². The van der Waals surface area contributed by atoms with Crippen molar-refractivity contribution in [1.82, 2.24) is 14.9 Å². The minimum Gasteiger partial charge on any atom is -0.493 e. The molecule has 0 fully saturated rings. The van der Waals surface area contributed by atoms with Crippen LogP contribution in [-0.2, 0) is 11.3 Å². The molecule has 1 atom stereocenters. The van der Waals surface area contributed by atoms with Crippen LogP contribution in [0.2, 0.25) is 0 Å². The van der Waals surface area contributed by atoms with E-state index in [0.29, 0.717) is 34.8 Å². The van der Waals surface area contributed by atoms with E-state index in [-0.39, 0.29) is 23.9 Å². The summed E-state index contributed by atoms with van der Waals surface area (Å²) < 4.78 is 10.5. The van der Waals surface area contributed by atoms with Gasteiger partial charge in [-0.3, -0.25) is 9.59 Å². The third kappa shape index (κ3) is 3.96. The lowest BCUT2D eigenvalue weighted by Crippen LogP contribution is -2.46. The van der Waals surface area contributed by atoms with Gasteiger partial charge >= 0.3 is 0 Å². The Morgan fingerprint density at radius 2 is 1.88 bits per heavy atom. The van der Waals surface area contributed by atoms with Gasteiger partial charge in [-0.2, -0.15) is 0 Å². The minimum atomic E-state index is -0.591. The number of aromatic amines is 1. The highest BCUT2D eigenvalue weighted by Gasteiger charge is 2.23. The van der Waals surface area contributed by atoms with Crippen molar-refractivity contribution < 1.29 is 14.3 Å². The zero-order chi connectivity index (χ0) is 19.4. The summed E-state index contributed by atoms with van der Waals surface area (Å²) in [6.07, 6.45) is 0. The molecule has 0 bridgehead atoms. The van der Waals surface area contributed by atoms with Crippen molar-refractivity contribution in [3.05, 3.63) is 28.3 Å². The highest BCUT2D eigenvalue weighted by atomic mass is 16.5. The first-order valence-electron chi connectivity index (χ1n) is 8.51. The normalized spacial score (nSPS) is 12.3. The van der Waals surface area contributed by atoms with Crippen molar-refractivity contribution >= 4 is 16.8 Å². The first-order valence-corrected chi connectivity index (χ1v) is 8.51. The molecule has 8 nitrogen and oxygen atoms in total. The number of nitrogens with zero attached hydrogens (tertiary/aromatic N) is 2. The van der Waals surface area contributed by atoms with Crippen LogP contribution in [-0.4, -0.2) is 47.6 Å². The number of hydrogen-bond acceptors (Lipinski definition) is 6. The van der Waals surface area contributed by atoms with E-state index in [1.165, 1.54) is 14.2 Å². The lowest BCUT2D eigenvalue weighted by Gasteiger charge is -2.25. The maximum atomic E-state index is 12.5. The van der Waals surface area contributed by atoms with Gasteiger partial charge in [0, 0.05) is 12.6 Å². The van der Waals surface area contributed by atoms with Crippen molar-refractivity contribution in [3.8, 4) is 11.5 Å². The van der Waals surface area contributed by atoms with Gasteiger partial charge in [0.1, 0.15) is 5.82 Å². The van der Waals surface area contributed by atoms with Gasteiger partial charge in [0.2, 0.25) is 5.91 Å². The predicted molar refractivity (Wildman–Crippen MR) is 99.4 cm³/mol. The van der Waals surface area contributed by atoms with Crippen LogP contribution in [0.5, 0.6) is 11.5 Å². The van der Waals surface area contributed by atoms with E-state index in [4.69, 9.17) is 15.2 Å². The van der Waals surface area contributed by atoms with Gasteiger partial charge in [-0.25, -0.2) is 4.98 Å². The Kier molecular flexibility index (Phi) is 6.20. The third-order valence-corrected chi connectivity index (χ3v) is 4.30. The molecule has 1 aromatic heterocycles. The molecule has 1 heterocycles. The van der Waals surface area contributed by atoms with Crippen LogP contribution in [0.1, 0.15) is 26.6 Å². The van der Waals surface area contributed by atoms with Crippen LogP contribution in [0.4, 0.5) is 0 Å². The number of benzene rings is 1. The SMILES string of the molecule is CCN(Cc1nc2cc(OC)c(OC)cc2c(=O)[nH]1)C(=O)[C@@H](N)C(C)C. The summed E-state index contributed by atoms with van der Waals surface area (Å²) in [6.45, 7) is 6.29. The molecule has 3 N–H and O–H groups in total. The molecule has 142 valence electrons. The molecule has 0 saturated carbocycles. The average Bonchev–Trinajstić information content (AvgIpc) is 2.63. The molecule has 26 heavy (non-hydrogen) atoms. The molecular formula is C18H26N4O4. The summed E-state index contributed by atoms with van der Waals surface area (Å²) in [6, 6.07) is 2.64. The summed E-state index contributed by atoms with van der Waals surface area (Å²) in [4.78, 5) is 33.7. The van der Waals surface area contributed by atoms with Gasteiger partial charge in [0.05, 0.1) is 37.7 Å². The van der Waals surface area contributed by atoms with E-state index in [9.17, 15) is 9.59 Å². The number of methoxy groups -OCH3 is 2. The maximum Gasteiger partial charge on any atom is 0.258 e. The Morgan fingerprint density at radius 1 is 1.27 bits per heavy atom. The molecule has 2 aromatic rings. The number of fused-ring (bicyclic) bond motifs is 1. The van der Waals surface area contributed by atoms with Crippen molar-refractivity contribution in [1.29, 1.82) is 0 Å². The van der Waals surface area contributed by atoms with Gasteiger partial charge in [0.15, 0.2) is 11.5 Å². The second-order valence-corrected chi connectivity index (χ2v) is 6.36. The molecule has 0 aliphatic carbocycles. The Bertz CT molecular complexity index is 847. The maximum absolute atomic E-state index is 12.5. The van der Waals surface area contributed by atoms with E-state index in [2.05, 4.69) is 9.97 Å². The fraction of sp³-hybridized carbons (Fsp3) is 0.500. The Labute approximate surface area is 152 Å². The number of hydrogen-bond donors (Lipinski definition) is 2. The van der Waals surface area contributed by atoms with E-state index in [0.717, 1.165) is 0 Å². The number of aromatic nitrogens is 2. The van der Waals surface area contributed by atoms with Crippen LogP contribution in [0.3, 0.4) is 0 Å². The number of nitrogens with two attached hydrogens (primary N) is 1. The first kappa shape index (κ1) is 19.7. The number of rotatable bonds is 7. The molecule has 0 aliphatic rings. The third-order valence-electron chi connectivity index (χ3n) is 4.30. The summed E-state index contributed by atoms with van der Waals surface area (Å²) in [7, 11) is 3.02. The second kappa shape index (κ2) is 8.18. The lowest BCUT2D eigenvalue weighted by atomic mass is 10.0. The summed E-state index contributed by atoms with van der Waals surface area (Å²) in [5, 5.41) is 0.389. The number of likely N-dealkylation sites (N-methyl/N-ethyl adjacent to an activating group) is 1. The number of amides is 1. The highest BCUT2D eigenvalue weighted by molar-refractivity contribution is 5.83. The van der Waals surface area contributed by atoms with Crippen LogP contribution in [0.15, 0.2) is 16.9 Å². The van der Waals surface area contributed by atoms with E-state index in [1.54, 1.807) is 17.0 Å². The van der Waals surface area contributed by atoms with Gasteiger partial charge in [0.25, 0.3) is 5.56 Å². The number of nitrogens with one attached hydrogen (secondary N) is 1. The number of ether oxygens (including phenoxy) is 2. The second-order valence-electron chi connectivity index (χ2n) is 6.36. The molecule has 0 spiro atoms. The number of carbonyl (C=O) groups is 1. The zero-order valence-electron chi connectivity index (χ0n) is 15.8. The van der Waals surface area contributed by atoms with Crippen LogP contribution in [0, 0.1) is 5.92 Å². The molecule has 0 unspecified atom stereocenters. The van der Waals surface area contributed by atoms with Crippen molar-refractivity contribution in [3.63, 3.8) is 0 Å². The molecule has 0 radical (unpaired) electrons. The molecular weight excluding hydrogens is 336 g/mol. The number of H-pyrrole nitrogens is 1. The van der Waals surface area contributed by atoms with E-state index in [1.807, 2.05) is 20.8 Å². The van der Waals surface area contributed by atoms with Gasteiger partial charge < -0.3 is 25.1 Å². The van der Waals surface area contributed by atoms with E-state index >= 15 is 0 Å². The Morgan fingerprint density at radius 3 is 2.42 bits per heavy atom. The quantitative estimate of drug-likeness (QED) is 0.767. The monoisotopic (exact) mass is 362 g/mol. The fourth-order valence-electron chi connectivity index (χ4n) is 2.61. The van der Waals surface area contributed by atoms with Gasteiger partial charge in [-0.05, 0) is 18.9 Å². The largest absolute Gasteiger partial charge is 0.493 e. The smallest absolute Gasteiger partial charge is 0.258 e. The van der Waals surface area contributed by atoms with Crippen molar-refractivity contribution in [2.24, 2.45) is 11.7 Å². The van der Waals surface area contributed by atoms with Crippen molar-refractivity contribution in [2.75, 3.05) is 20.8 Å². The van der Waals surface area contributed by atoms with Crippen LogP contribution < -0.4 is 20.8 Å². The molecule has 8 heteroatoms. The standard InChI is InChI=1S/C18H26N4O4/c1-6-22(18(24)16(19)10(2)3)9-15-20-12-8-14(26-5)13(25-4)7-11(12)17(23)21-15/h7-8,10,16H,6,9,19H2,1-5H3,(H,20,21,23)/t16-/m0/s1. The summed E-state index contributed by atoms with van der Waals surface area (Å²) in [5.74, 6) is 1.18. The van der Waals surface area contributed by atoms with Crippen LogP contribution in [0.25, 0.3) is 10.9 Å². The minimum absolute atomic E-state index is 0.0249. The summed E-state index contributed by atoms with van der Waals surface area (Å²) >= 11 is 0. The Hall–Kier alpha value is -2.61. The lowest BCUT2D eigenvalue weighted by molar-refractivity contribution is -0.134. The predicted octanol–water partition coefficient (Wildman–Crippen LogP) is 1.27. The van der Waals surface area contributed by atoms with Crippen LogP contribution >= 0.6 is 0 Å². The molecule has 1 amide bonds. The molecule has 0 saturated heterocycles. The topological polar surface area (TPSA) is 111 Å². The van der Waals surface area contributed by atoms with Gasteiger partial charge in [-0.15, -0.1) is 0 Å². The van der Waals surface area contributed by atoms with Crippen molar-refractivity contribution in [2.45, 2.75) is 33.4 Å². The fourth-order valence-corrected chi connectivity index (χ4v) is 2.61. The number of carbonyl (C=O) groups excluding carboxylic acids is 1. The van der Waals surface area contributed by atoms with E-state index < -0.39 is 6.04 Å². The molecule has 2 rings (SSSR count).